The molecule has 0 N–H and O–H groups in total. The number of amides is 2. The van der Waals surface area contributed by atoms with Crippen LogP contribution in [0.5, 0.6) is 0 Å². The van der Waals surface area contributed by atoms with E-state index in [0.29, 0.717) is 21.8 Å². The molecule has 0 saturated carbocycles. The summed E-state index contributed by atoms with van der Waals surface area (Å²) in [6, 6.07) is 18.9. The number of Topliss-reactive ketones (excluding diaryl/α,β-unsaturated/α-hetero) is 2. The average Bonchev–Trinajstić information content (AvgIpc) is 3.36. The molecular weight excluding hydrogens is 478 g/mol. The molecule has 8 heteroatoms. The Labute approximate surface area is 212 Å². The van der Waals surface area contributed by atoms with Crippen molar-refractivity contribution in [2.24, 2.45) is 16.9 Å². The lowest BCUT2D eigenvalue weighted by Crippen LogP contribution is -2.44. The number of ketones is 2. The molecule has 3 heterocycles. The zero-order valence-corrected chi connectivity index (χ0v) is 19.9. The Hall–Kier alpha value is -4.10. The van der Waals surface area contributed by atoms with Crippen molar-refractivity contribution in [3.8, 4) is 0 Å². The van der Waals surface area contributed by atoms with Crippen LogP contribution in [0.15, 0.2) is 77.9 Å². The van der Waals surface area contributed by atoms with E-state index in [9.17, 15) is 19.2 Å². The number of hydrogen-bond acceptors (Lipinski definition) is 6. The lowest BCUT2D eigenvalue weighted by Gasteiger charge is -2.33. The fourth-order valence-corrected chi connectivity index (χ4v) is 5.68. The van der Waals surface area contributed by atoms with E-state index >= 15 is 0 Å². The van der Waals surface area contributed by atoms with Crippen LogP contribution < -0.4 is 4.90 Å². The van der Waals surface area contributed by atoms with Gasteiger partial charge in [-0.15, -0.1) is 0 Å². The largest absolute Gasteiger partial charge is 0.295 e. The number of rotatable bonds is 4. The Balaban J connectivity index is 1.47. The van der Waals surface area contributed by atoms with Gasteiger partial charge in [0.15, 0.2) is 11.6 Å². The second-order valence-electron chi connectivity index (χ2n) is 9.18. The number of hydrogen-bond donors (Lipinski definition) is 0. The first kappa shape index (κ1) is 22.4. The van der Waals surface area contributed by atoms with Gasteiger partial charge in [0, 0.05) is 16.1 Å². The smallest absolute Gasteiger partial charge is 0.240 e. The van der Waals surface area contributed by atoms with E-state index in [-0.39, 0.29) is 17.5 Å². The number of anilines is 1. The molecule has 2 fully saturated rings. The maximum atomic E-state index is 13.9. The highest BCUT2D eigenvalue weighted by Gasteiger charge is 2.65. The molecule has 4 atom stereocenters. The van der Waals surface area contributed by atoms with Crippen molar-refractivity contribution in [1.82, 2.24) is 5.01 Å². The number of hydrazone groups is 1. The fourth-order valence-electron chi connectivity index (χ4n) is 5.55. The molecular formula is C28H20ClN3O4. The van der Waals surface area contributed by atoms with Crippen LogP contribution in [0, 0.1) is 11.8 Å². The number of carbonyl (C=O) groups is 4. The van der Waals surface area contributed by atoms with Gasteiger partial charge >= 0.3 is 0 Å². The van der Waals surface area contributed by atoms with Gasteiger partial charge in [0.1, 0.15) is 6.04 Å². The molecule has 2 amide bonds. The topological polar surface area (TPSA) is 87.1 Å². The third-order valence-corrected chi connectivity index (χ3v) is 7.47. The molecule has 7 nitrogen and oxygen atoms in total. The third kappa shape index (κ3) is 3.23. The maximum Gasteiger partial charge on any atom is 0.240 e. The first-order chi connectivity index (χ1) is 17.4. The minimum absolute atomic E-state index is 0.113. The van der Waals surface area contributed by atoms with Crippen molar-refractivity contribution >= 4 is 46.9 Å². The van der Waals surface area contributed by atoms with Gasteiger partial charge in [-0.1, -0.05) is 35.9 Å². The summed E-state index contributed by atoms with van der Waals surface area (Å²) in [7, 11) is 0. The molecule has 3 aromatic rings. The Bertz CT molecular complexity index is 1460. The predicted octanol–water partition coefficient (Wildman–Crippen LogP) is 4.30. The summed E-state index contributed by atoms with van der Waals surface area (Å²) < 4.78 is 0. The van der Waals surface area contributed by atoms with E-state index in [1.165, 1.54) is 6.92 Å². The van der Waals surface area contributed by atoms with Gasteiger partial charge in [-0.3, -0.25) is 24.2 Å². The van der Waals surface area contributed by atoms with Gasteiger partial charge in [-0.25, -0.2) is 4.90 Å². The predicted molar refractivity (Wildman–Crippen MR) is 134 cm³/mol. The van der Waals surface area contributed by atoms with E-state index in [4.69, 9.17) is 11.6 Å². The fraction of sp³-hybridized carbons (Fsp3) is 0.179. The number of fused-ring (bicyclic) bond motifs is 5. The Morgan fingerprint density at radius 3 is 2.17 bits per heavy atom. The molecule has 3 aliphatic heterocycles. The zero-order chi connectivity index (χ0) is 25.1. The number of benzene rings is 3. The Morgan fingerprint density at radius 2 is 1.47 bits per heavy atom. The summed E-state index contributed by atoms with van der Waals surface area (Å²) in [5.74, 6) is -2.94. The second-order valence-corrected chi connectivity index (χ2v) is 9.62. The van der Waals surface area contributed by atoms with Gasteiger partial charge in [0.25, 0.3) is 0 Å². The average molecular weight is 498 g/mol. The highest BCUT2D eigenvalue weighted by Crippen LogP contribution is 2.53. The third-order valence-electron chi connectivity index (χ3n) is 7.22. The van der Waals surface area contributed by atoms with E-state index < -0.39 is 29.8 Å². The SMILES string of the molecule is CC(=O)c1ccc(N2C(=O)[C@@H]3[C@H](C2=O)C2c4ccccc4C=NN2[C@@H]3C(=O)c2ccc(Cl)cc2)cc1. The first-order valence-corrected chi connectivity index (χ1v) is 11.9. The number of carbonyl (C=O) groups excluding carboxylic acids is 4. The molecule has 0 bridgehead atoms. The molecule has 3 aromatic carbocycles. The van der Waals surface area contributed by atoms with Crippen molar-refractivity contribution in [1.29, 1.82) is 0 Å². The molecule has 0 aromatic heterocycles. The molecule has 0 radical (unpaired) electrons. The molecule has 1 unspecified atom stereocenters. The Kier molecular flexibility index (Phi) is 5.12. The van der Waals surface area contributed by atoms with Crippen LogP contribution in [-0.2, 0) is 9.59 Å². The van der Waals surface area contributed by atoms with Crippen LogP contribution in [0.2, 0.25) is 5.02 Å². The summed E-state index contributed by atoms with van der Waals surface area (Å²) in [4.78, 5) is 54.4. The minimum atomic E-state index is -0.955. The molecule has 0 aliphatic carbocycles. The summed E-state index contributed by atoms with van der Waals surface area (Å²) in [5.41, 5.74) is 2.95. The highest BCUT2D eigenvalue weighted by atomic mass is 35.5. The summed E-state index contributed by atoms with van der Waals surface area (Å²) >= 11 is 6.02. The van der Waals surface area contributed by atoms with Crippen molar-refractivity contribution in [2.45, 2.75) is 19.0 Å². The second kappa shape index (κ2) is 8.24. The summed E-state index contributed by atoms with van der Waals surface area (Å²) in [5, 5.41) is 6.68. The minimum Gasteiger partial charge on any atom is -0.295 e. The van der Waals surface area contributed by atoms with Crippen LogP contribution in [0.25, 0.3) is 0 Å². The van der Waals surface area contributed by atoms with Crippen molar-refractivity contribution in [3.05, 3.63) is 100 Å². The van der Waals surface area contributed by atoms with Gasteiger partial charge in [-0.05, 0) is 66.6 Å². The van der Waals surface area contributed by atoms with Crippen molar-refractivity contribution in [3.63, 3.8) is 0 Å². The zero-order valence-electron chi connectivity index (χ0n) is 19.2. The highest BCUT2D eigenvalue weighted by molar-refractivity contribution is 6.30. The van der Waals surface area contributed by atoms with Crippen LogP contribution in [-0.4, -0.2) is 40.6 Å². The summed E-state index contributed by atoms with van der Waals surface area (Å²) in [6.45, 7) is 1.45. The maximum absolute atomic E-state index is 13.9. The summed E-state index contributed by atoms with van der Waals surface area (Å²) in [6.07, 6.45) is 1.67. The molecule has 178 valence electrons. The van der Waals surface area contributed by atoms with E-state index in [1.54, 1.807) is 59.8 Å². The van der Waals surface area contributed by atoms with Crippen LogP contribution in [0.1, 0.15) is 44.8 Å². The van der Waals surface area contributed by atoms with Crippen LogP contribution in [0.4, 0.5) is 5.69 Å². The quantitative estimate of drug-likeness (QED) is 0.396. The first-order valence-electron chi connectivity index (χ1n) is 11.6. The standard InChI is InChI=1S/C28H20ClN3O4/c1-15(33)16-8-12-20(13-9-16)31-27(35)22-23(28(31)36)25(26(34)17-6-10-19(29)11-7-17)32-24(22)21-5-3-2-4-18(21)14-30-32/h2-14,22-25H,1H3/t22-,23+,24?,25-/m0/s1. The number of imide groups is 1. The van der Waals surface area contributed by atoms with Crippen LogP contribution >= 0.6 is 11.6 Å². The van der Waals surface area contributed by atoms with Gasteiger partial charge < -0.3 is 0 Å². The van der Waals surface area contributed by atoms with Gasteiger partial charge in [0.2, 0.25) is 11.8 Å². The molecule has 6 rings (SSSR count). The van der Waals surface area contributed by atoms with Crippen LogP contribution in [0.3, 0.4) is 0 Å². The van der Waals surface area contributed by atoms with Gasteiger partial charge in [0.05, 0.1) is 29.8 Å². The van der Waals surface area contributed by atoms with E-state index in [0.717, 1.165) is 16.0 Å². The molecule has 0 spiro atoms. The molecule has 36 heavy (non-hydrogen) atoms. The lowest BCUT2D eigenvalue weighted by molar-refractivity contribution is -0.124. The molecule has 2 saturated heterocycles. The lowest BCUT2D eigenvalue weighted by atomic mass is 9.83. The molecule has 3 aliphatic rings. The van der Waals surface area contributed by atoms with Gasteiger partial charge in [-0.2, -0.15) is 5.10 Å². The van der Waals surface area contributed by atoms with E-state index in [2.05, 4.69) is 5.10 Å². The van der Waals surface area contributed by atoms with Crippen molar-refractivity contribution in [2.75, 3.05) is 4.90 Å². The Morgan fingerprint density at radius 1 is 0.833 bits per heavy atom. The number of halogens is 1. The number of nitrogens with zero attached hydrogens (tertiary/aromatic N) is 3. The normalized spacial score (nSPS) is 23.9. The van der Waals surface area contributed by atoms with E-state index in [1.807, 2.05) is 24.3 Å². The monoisotopic (exact) mass is 497 g/mol. The van der Waals surface area contributed by atoms with Crippen molar-refractivity contribution < 1.29 is 19.2 Å².